The fourth-order valence-electron chi connectivity index (χ4n) is 1.72. The molecular formula is C14H17FO2. The van der Waals surface area contributed by atoms with Crippen molar-refractivity contribution in [2.45, 2.75) is 39.3 Å². The lowest BCUT2D eigenvalue weighted by atomic mass is 9.96. The molecule has 1 unspecified atom stereocenters. The molecule has 0 radical (unpaired) electrons. The Morgan fingerprint density at radius 3 is 2.47 bits per heavy atom. The van der Waals surface area contributed by atoms with Crippen LogP contribution in [0.5, 0.6) is 0 Å². The predicted octanol–water partition coefficient (Wildman–Crippen LogP) is 3.14. The third-order valence-corrected chi connectivity index (χ3v) is 2.67. The SMILES string of the molecule is CCCC(=O)C(F)C(=O)c1ccccc1CC. The predicted molar refractivity (Wildman–Crippen MR) is 65.0 cm³/mol. The Kier molecular flexibility index (Phi) is 5.01. The zero-order valence-electron chi connectivity index (χ0n) is 10.2. The van der Waals surface area contributed by atoms with E-state index < -0.39 is 17.7 Å². The molecule has 1 rings (SSSR count). The highest BCUT2D eigenvalue weighted by Gasteiger charge is 2.27. The molecule has 0 fully saturated rings. The highest BCUT2D eigenvalue weighted by atomic mass is 19.1. The lowest BCUT2D eigenvalue weighted by molar-refractivity contribution is -0.122. The van der Waals surface area contributed by atoms with Crippen LogP contribution in [-0.4, -0.2) is 17.7 Å². The molecule has 1 atom stereocenters. The van der Waals surface area contributed by atoms with Crippen molar-refractivity contribution >= 4 is 11.6 Å². The zero-order chi connectivity index (χ0) is 12.8. The van der Waals surface area contributed by atoms with Crippen LogP contribution in [0.3, 0.4) is 0 Å². The van der Waals surface area contributed by atoms with Gasteiger partial charge in [0.2, 0.25) is 12.0 Å². The number of halogens is 1. The van der Waals surface area contributed by atoms with Crippen molar-refractivity contribution in [2.24, 2.45) is 0 Å². The Bertz CT molecular complexity index is 412. The fourth-order valence-corrected chi connectivity index (χ4v) is 1.72. The van der Waals surface area contributed by atoms with E-state index in [1.165, 1.54) is 0 Å². The van der Waals surface area contributed by atoms with Crippen LogP contribution < -0.4 is 0 Å². The zero-order valence-corrected chi connectivity index (χ0v) is 10.2. The van der Waals surface area contributed by atoms with Crippen molar-refractivity contribution in [3.05, 3.63) is 35.4 Å². The topological polar surface area (TPSA) is 34.1 Å². The first-order valence-corrected chi connectivity index (χ1v) is 5.90. The van der Waals surface area contributed by atoms with E-state index in [1.54, 1.807) is 31.2 Å². The third-order valence-electron chi connectivity index (χ3n) is 2.67. The summed E-state index contributed by atoms with van der Waals surface area (Å²) in [6.45, 7) is 3.68. The second-order valence-electron chi connectivity index (χ2n) is 3.95. The number of aryl methyl sites for hydroxylation is 1. The van der Waals surface area contributed by atoms with Gasteiger partial charge in [-0.2, -0.15) is 0 Å². The number of hydrogen-bond donors (Lipinski definition) is 0. The normalized spacial score (nSPS) is 12.2. The molecule has 1 aromatic carbocycles. The molecule has 0 aromatic heterocycles. The minimum atomic E-state index is -2.01. The number of carbonyl (C=O) groups excluding carboxylic acids is 2. The smallest absolute Gasteiger partial charge is 0.220 e. The molecule has 0 amide bonds. The minimum Gasteiger partial charge on any atom is -0.296 e. The van der Waals surface area contributed by atoms with E-state index >= 15 is 0 Å². The molecule has 0 bridgehead atoms. The van der Waals surface area contributed by atoms with Crippen LogP contribution in [0, 0.1) is 0 Å². The second-order valence-corrected chi connectivity index (χ2v) is 3.95. The van der Waals surface area contributed by atoms with Crippen molar-refractivity contribution in [1.29, 1.82) is 0 Å². The minimum absolute atomic E-state index is 0.112. The maximum Gasteiger partial charge on any atom is 0.220 e. The van der Waals surface area contributed by atoms with Crippen LogP contribution in [0.1, 0.15) is 42.6 Å². The molecule has 0 spiro atoms. The molecule has 0 heterocycles. The molecule has 0 aliphatic carbocycles. The van der Waals surface area contributed by atoms with Gasteiger partial charge in [-0.15, -0.1) is 0 Å². The largest absolute Gasteiger partial charge is 0.296 e. The summed E-state index contributed by atoms with van der Waals surface area (Å²) >= 11 is 0. The van der Waals surface area contributed by atoms with Gasteiger partial charge in [0.25, 0.3) is 0 Å². The van der Waals surface area contributed by atoms with Crippen LogP contribution in [0.4, 0.5) is 4.39 Å². The molecule has 0 aliphatic heterocycles. The van der Waals surface area contributed by atoms with E-state index in [4.69, 9.17) is 0 Å². The number of rotatable bonds is 6. The van der Waals surface area contributed by atoms with Gasteiger partial charge in [0, 0.05) is 12.0 Å². The van der Waals surface area contributed by atoms with Crippen molar-refractivity contribution in [3.63, 3.8) is 0 Å². The Labute approximate surface area is 101 Å². The Morgan fingerprint density at radius 2 is 1.88 bits per heavy atom. The average molecular weight is 236 g/mol. The number of ketones is 2. The lowest BCUT2D eigenvalue weighted by Crippen LogP contribution is -2.26. The highest BCUT2D eigenvalue weighted by Crippen LogP contribution is 2.15. The molecule has 3 heteroatoms. The van der Waals surface area contributed by atoms with Crippen LogP contribution in [0.25, 0.3) is 0 Å². The molecule has 17 heavy (non-hydrogen) atoms. The van der Waals surface area contributed by atoms with Gasteiger partial charge in [-0.05, 0) is 18.4 Å². The van der Waals surface area contributed by atoms with Crippen LogP contribution in [0.2, 0.25) is 0 Å². The van der Waals surface area contributed by atoms with Crippen molar-refractivity contribution < 1.29 is 14.0 Å². The van der Waals surface area contributed by atoms with E-state index in [-0.39, 0.29) is 6.42 Å². The summed E-state index contributed by atoms with van der Waals surface area (Å²) < 4.78 is 13.7. The van der Waals surface area contributed by atoms with E-state index in [1.807, 2.05) is 6.92 Å². The molecule has 0 saturated carbocycles. The standard InChI is InChI=1S/C14H17FO2/c1-3-7-12(16)13(15)14(17)11-9-6-5-8-10(11)4-2/h5-6,8-9,13H,3-4,7H2,1-2H3. The molecule has 92 valence electrons. The first kappa shape index (κ1) is 13.6. The van der Waals surface area contributed by atoms with Gasteiger partial charge in [0.1, 0.15) is 0 Å². The van der Waals surface area contributed by atoms with Gasteiger partial charge in [0.05, 0.1) is 0 Å². The molecule has 0 N–H and O–H groups in total. The Hall–Kier alpha value is -1.51. The quantitative estimate of drug-likeness (QED) is 0.561. The van der Waals surface area contributed by atoms with Crippen molar-refractivity contribution in [2.75, 3.05) is 0 Å². The van der Waals surface area contributed by atoms with E-state index in [0.717, 1.165) is 5.56 Å². The van der Waals surface area contributed by atoms with E-state index in [2.05, 4.69) is 0 Å². The summed E-state index contributed by atoms with van der Waals surface area (Å²) in [6.07, 6.45) is -0.692. The van der Waals surface area contributed by atoms with E-state index in [0.29, 0.717) is 18.4 Å². The first-order valence-electron chi connectivity index (χ1n) is 5.90. The van der Waals surface area contributed by atoms with E-state index in [9.17, 15) is 14.0 Å². The average Bonchev–Trinajstić information content (AvgIpc) is 2.37. The van der Waals surface area contributed by atoms with Gasteiger partial charge >= 0.3 is 0 Å². The maximum absolute atomic E-state index is 13.7. The molecule has 0 saturated heterocycles. The maximum atomic E-state index is 13.7. The molecule has 2 nitrogen and oxygen atoms in total. The number of carbonyl (C=O) groups is 2. The van der Waals surface area contributed by atoms with Gasteiger partial charge < -0.3 is 0 Å². The Balaban J connectivity index is 2.92. The highest BCUT2D eigenvalue weighted by molar-refractivity contribution is 6.13. The van der Waals surface area contributed by atoms with Crippen LogP contribution in [-0.2, 0) is 11.2 Å². The van der Waals surface area contributed by atoms with Gasteiger partial charge in [-0.25, -0.2) is 4.39 Å². The summed E-state index contributed by atoms with van der Waals surface area (Å²) in [5.74, 6) is -1.33. The first-order chi connectivity index (χ1) is 8.11. The van der Waals surface area contributed by atoms with Crippen molar-refractivity contribution in [1.82, 2.24) is 0 Å². The molecule has 1 aromatic rings. The van der Waals surface area contributed by atoms with Gasteiger partial charge in [0.15, 0.2) is 5.78 Å². The van der Waals surface area contributed by atoms with Crippen molar-refractivity contribution in [3.8, 4) is 0 Å². The van der Waals surface area contributed by atoms with Crippen LogP contribution in [0.15, 0.2) is 24.3 Å². The van der Waals surface area contributed by atoms with Crippen LogP contribution >= 0.6 is 0 Å². The third kappa shape index (κ3) is 3.22. The molecular weight excluding hydrogens is 219 g/mol. The fraction of sp³-hybridized carbons (Fsp3) is 0.429. The number of Topliss-reactive ketones (excluding diaryl/α,β-unsaturated/α-hetero) is 2. The Morgan fingerprint density at radius 1 is 1.24 bits per heavy atom. The van der Waals surface area contributed by atoms with Gasteiger partial charge in [-0.3, -0.25) is 9.59 Å². The summed E-state index contributed by atoms with van der Waals surface area (Å²) in [7, 11) is 0. The molecule has 0 aliphatic rings. The summed E-state index contributed by atoms with van der Waals surface area (Å²) in [5, 5.41) is 0. The summed E-state index contributed by atoms with van der Waals surface area (Å²) in [6, 6.07) is 6.84. The number of alkyl halides is 1. The number of hydrogen-bond acceptors (Lipinski definition) is 2. The monoisotopic (exact) mass is 236 g/mol. The summed E-state index contributed by atoms with van der Waals surface area (Å²) in [4.78, 5) is 23.2. The summed E-state index contributed by atoms with van der Waals surface area (Å²) in [5.41, 5.74) is 1.11. The second kappa shape index (κ2) is 6.28. The lowest BCUT2D eigenvalue weighted by Gasteiger charge is -2.09. The number of benzene rings is 1. The van der Waals surface area contributed by atoms with Gasteiger partial charge in [-0.1, -0.05) is 38.1 Å².